The second-order valence-corrected chi connectivity index (χ2v) is 3.86. The lowest BCUT2D eigenvalue weighted by Crippen LogP contribution is -2.14. The Hall–Kier alpha value is -2.97. The van der Waals surface area contributed by atoms with Crippen molar-refractivity contribution in [3.05, 3.63) is 63.7 Å². The maximum absolute atomic E-state index is 13.5. The highest BCUT2D eigenvalue weighted by molar-refractivity contribution is 6.04. The number of benzene rings is 1. The molecule has 0 spiro atoms. The Morgan fingerprint density at radius 1 is 1.19 bits per heavy atom. The first-order valence-electron chi connectivity index (χ1n) is 5.45. The largest absolute Gasteiger partial charge is 0.319 e. The fraction of sp³-hybridized carbons (Fsp3) is 0. The first-order valence-corrected chi connectivity index (χ1v) is 5.45. The van der Waals surface area contributed by atoms with E-state index in [1.54, 1.807) is 0 Å². The lowest BCUT2D eigenvalue weighted by Gasteiger charge is -2.06. The molecule has 0 radical (unpaired) electrons. The van der Waals surface area contributed by atoms with Gasteiger partial charge in [-0.3, -0.25) is 14.9 Å². The van der Waals surface area contributed by atoms with Gasteiger partial charge in [-0.15, -0.1) is 0 Å². The van der Waals surface area contributed by atoms with Crippen LogP contribution in [0.1, 0.15) is 10.4 Å². The van der Waals surface area contributed by atoms with Crippen LogP contribution < -0.4 is 5.32 Å². The molecule has 21 heavy (non-hydrogen) atoms. The molecule has 0 atom stereocenters. The summed E-state index contributed by atoms with van der Waals surface area (Å²) in [6.45, 7) is 0. The van der Waals surface area contributed by atoms with Crippen molar-refractivity contribution < 1.29 is 22.9 Å². The molecule has 0 aliphatic rings. The summed E-state index contributed by atoms with van der Waals surface area (Å²) in [4.78, 5) is 24.5. The van der Waals surface area contributed by atoms with Crippen LogP contribution in [0.4, 0.5) is 24.5 Å². The normalized spacial score (nSPS) is 10.2. The van der Waals surface area contributed by atoms with Gasteiger partial charge in [0.2, 0.25) is 11.8 Å². The number of rotatable bonds is 3. The van der Waals surface area contributed by atoms with E-state index in [0.29, 0.717) is 6.07 Å². The topological polar surface area (TPSA) is 85.1 Å². The average Bonchev–Trinajstić information content (AvgIpc) is 2.41. The molecular weight excluding hydrogens is 291 g/mol. The molecule has 108 valence electrons. The molecule has 2 rings (SSSR count). The fourth-order valence-corrected chi connectivity index (χ4v) is 1.51. The van der Waals surface area contributed by atoms with Gasteiger partial charge in [0.15, 0.2) is 0 Å². The van der Waals surface area contributed by atoms with Gasteiger partial charge < -0.3 is 5.32 Å². The summed E-state index contributed by atoms with van der Waals surface area (Å²) in [6, 6.07) is 2.78. The van der Waals surface area contributed by atoms with Gasteiger partial charge in [0.25, 0.3) is 5.91 Å². The molecule has 0 saturated carbocycles. The number of carbonyl (C=O) groups excluding carboxylic acids is 1. The zero-order chi connectivity index (χ0) is 15.6. The minimum Gasteiger partial charge on any atom is -0.319 e. The minimum atomic E-state index is -1.37. The highest BCUT2D eigenvalue weighted by Crippen LogP contribution is 2.25. The maximum atomic E-state index is 13.5. The number of nitro benzene ring substituents is 1. The number of nitro groups is 1. The Balaban J connectivity index is 2.33. The highest BCUT2D eigenvalue weighted by Gasteiger charge is 2.20. The first kappa shape index (κ1) is 14.4. The smallest absolute Gasteiger partial charge is 0.307 e. The summed E-state index contributed by atoms with van der Waals surface area (Å²) in [5, 5.41) is 12.6. The third-order valence-electron chi connectivity index (χ3n) is 2.47. The number of nitrogens with one attached hydrogen (secondary N) is 1. The number of hydrogen-bond donors (Lipinski definition) is 1. The van der Waals surface area contributed by atoms with E-state index < -0.39 is 39.8 Å². The number of nitrogens with zero attached hydrogens (tertiary/aromatic N) is 2. The van der Waals surface area contributed by atoms with Crippen LogP contribution in [0, 0.1) is 27.7 Å². The summed E-state index contributed by atoms with van der Waals surface area (Å²) < 4.78 is 39.5. The van der Waals surface area contributed by atoms with E-state index >= 15 is 0 Å². The van der Waals surface area contributed by atoms with Crippen LogP contribution in [0.25, 0.3) is 0 Å². The van der Waals surface area contributed by atoms with Gasteiger partial charge in [-0.1, -0.05) is 0 Å². The van der Waals surface area contributed by atoms with Crippen LogP contribution in [0.5, 0.6) is 0 Å². The van der Waals surface area contributed by atoms with Gasteiger partial charge in [0.1, 0.15) is 5.82 Å². The molecule has 9 heteroatoms. The van der Waals surface area contributed by atoms with E-state index in [-0.39, 0.29) is 11.6 Å². The standard InChI is InChI=1S/C12H6F3N3O3/c13-7-4-8(14)10(18(20)21)5-9(7)17-12(19)6-1-2-16-11(15)3-6/h1-5H,(H,17,19). The minimum absolute atomic E-state index is 0.172. The molecule has 1 amide bonds. The molecule has 1 aromatic heterocycles. The van der Waals surface area contributed by atoms with Gasteiger partial charge in [0.05, 0.1) is 10.6 Å². The summed E-state index contributed by atoms with van der Waals surface area (Å²) >= 11 is 0. The highest BCUT2D eigenvalue weighted by atomic mass is 19.1. The lowest BCUT2D eigenvalue weighted by molar-refractivity contribution is -0.387. The summed E-state index contributed by atoms with van der Waals surface area (Å²) in [5.41, 5.74) is -1.76. The SMILES string of the molecule is O=C(Nc1cc([N+](=O)[O-])c(F)cc1F)c1ccnc(F)c1. The van der Waals surface area contributed by atoms with Gasteiger partial charge in [0, 0.05) is 30.0 Å². The van der Waals surface area contributed by atoms with Gasteiger partial charge in [-0.2, -0.15) is 8.78 Å². The predicted octanol–water partition coefficient (Wildman–Crippen LogP) is 2.66. The molecule has 1 aromatic carbocycles. The average molecular weight is 297 g/mol. The number of halogens is 3. The number of aromatic nitrogens is 1. The van der Waals surface area contributed by atoms with E-state index in [2.05, 4.69) is 4.98 Å². The molecule has 1 heterocycles. The van der Waals surface area contributed by atoms with E-state index in [4.69, 9.17) is 0 Å². The zero-order valence-corrected chi connectivity index (χ0v) is 10.1. The number of amides is 1. The molecule has 0 bridgehead atoms. The Morgan fingerprint density at radius 2 is 1.90 bits per heavy atom. The Bertz CT molecular complexity index is 737. The van der Waals surface area contributed by atoms with Gasteiger partial charge in [-0.05, 0) is 6.07 Å². The first-order chi connectivity index (χ1) is 9.88. The number of anilines is 1. The lowest BCUT2D eigenvalue weighted by atomic mass is 10.2. The molecule has 0 aliphatic heterocycles. The predicted molar refractivity (Wildman–Crippen MR) is 65.2 cm³/mol. The summed E-state index contributed by atoms with van der Waals surface area (Å²) in [7, 11) is 0. The van der Waals surface area contributed by atoms with E-state index in [9.17, 15) is 28.1 Å². The maximum Gasteiger partial charge on any atom is 0.307 e. The molecule has 0 saturated heterocycles. The quantitative estimate of drug-likeness (QED) is 0.536. The third kappa shape index (κ3) is 3.14. The van der Waals surface area contributed by atoms with Crippen molar-refractivity contribution >= 4 is 17.3 Å². The zero-order valence-electron chi connectivity index (χ0n) is 10.1. The molecule has 1 N–H and O–H groups in total. The number of hydrogen-bond acceptors (Lipinski definition) is 4. The van der Waals surface area contributed by atoms with Crippen molar-refractivity contribution in [2.75, 3.05) is 5.32 Å². The Morgan fingerprint density at radius 3 is 2.52 bits per heavy atom. The molecule has 0 unspecified atom stereocenters. The van der Waals surface area contributed by atoms with E-state index in [1.807, 2.05) is 5.32 Å². The second-order valence-electron chi connectivity index (χ2n) is 3.86. The van der Waals surface area contributed by atoms with E-state index in [0.717, 1.165) is 18.3 Å². The third-order valence-corrected chi connectivity index (χ3v) is 2.47. The van der Waals surface area contributed by atoms with Crippen molar-refractivity contribution in [3.63, 3.8) is 0 Å². The number of pyridine rings is 1. The van der Waals surface area contributed by atoms with Crippen LogP contribution in [-0.4, -0.2) is 15.8 Å². The van der Waals surface area contributed by atoms with Crippen molar-refractivity contribution in [1.29, 1.82) is 0 Å². The Kier molecular flexibility index (Phi) is 3.83. The second kappa shape index (κ2) is 5.57. The molecule has 0 aliphatic carbocycles. The van der Waals surface area contributed by atoms with Crippen molar-refractivity contribution in [3.8, 4) is 0 Å². The van der Waals surface area contributed by atoms with Crippen LogP contribution in [0.15, 0.2) is 30.5 Å². The molecule has 0 fully saturated rings. The van der Waals surface area contributed by atoms with Crippen LogP contribution in [0.2, 0.25) is 0 Å². The van der Waals surface area contributed by atoms with Crippen molar-refractivity contribution in [2.24, 2.45) is 0 Å². The van der Waals surface area contributed by atoms with Crippen molar-refractivity contribution in [2.45, 2.75) is 0 Å². The van der Waals surface area contributed by atoms with Gasteiger partial charge >= 0.3 is 5.69 Å². The molecular formula is C12H6F3N3O3. The fourth-order valence-electron chi connectivity index (χ4n) is 1.51. The van der Waals surface area contributed by atoms with Crippen LogP contribution in [-0.2, 0) is 0 Å². The number of carbonyl (C=O) groups is 1. The Labute approximate surface area is 115 Å². The molecule has 2 aromatic rings. The van der Waals surface area contributed by atoms with Gasteiger partial charge in [-0.25, -0.2) is 9.37 Å². The summed E-state index contributed by atoms with van der Waals surface area (Å²) in [6.07, 6.45) is 1.02. The van der Waals surface area contributed by atoms with Crippen LogP contribution >= 0.6 is 0 Å². The molecule has 6 nitrogen and oxygen atoms in total. The van der Waals surface area contributed by atoms with Crippen molar-refractivity contribution in [1.82, 2.24) is 4.98 Å². The van der Waals surface area contributed by atoms with E-state index in [1.165, 1.54) is 0 Å². The summed E-state index contributed by atoms with van der Waals surface area (Å²) in [5.74, 6) is -4.41. The van der Waals surface area contributed by atoms with Crippen LogP contribution in [0.3, 0.4) is 0 Å². The monoisotopic (exact) mass is 297 g/mol.